The van der Waals surface area contributed by atoms with Gasteiger partial charge in [-0.1, -0.05) is 107 Å². The van der Waals surface area contributed by atoms with Gasteiger partial charge in [-0.25, -0.2) is 77.0 Å². The summed E-state index contributed by atoms with van der Waals surface area (Å²) in [6, 6.07) is 60.1. The van der Waals surface area contributed by atoms with E-state index in [4.69, 9.17) is 33.2 Å². The molecular formula is C94H81BBr4Cl2N18O10S4. The van der Waals surface area contributed by atoms with Crippen LogP contribution in [0.4, 0.5) is 0 Å². The molecule has 19 rings (SSSR count). The van der Waals surface area contributed by atoms with Crippen molar-refractivity contribution in [3.05, 3.63) is 373 Å². The summed E-state index contributed by atoms with van der Waals surface area (Å²) in [5, 5.41) is 22.9. The molecule has 0 amide bonds. The highest BCUT2D eigenvalue weighted by molar-refractivity contribution is 9.11. The van der Waals surface area contributed by atoms with Gasteiger partial charge in [0.25, 0.3) is 30.1 Å². The molecule has 0 unspecified atom stereocenters. The Bertz CT molecular complexity index is 7780. The molecule has 15 heterocycles. The second-order valence-electron chi connectivity index (χ2n) is 29.4. The van der Waals surface area contributed by atoms with Crippen LogP contribution >= 0.6 is 99.1 Å². The minimum Gasteiger partial charge on any atom is -0.423 e. The third kappa shape index (κ3) is 25.6. The van der Waals surface area contributed by atoms with E-state index in [0.29, 0.717) is 41.8 Å². The zero-order valence-corrected chi connectivity index (χ0v) is 82.5. The van der Waals surface area contributed by atoms with Crippen molar-refractivity contribution in [1.82, 2.24) is 76.6 Å². The summed E-state index contributed by atoms with van der Waals surface area (Å²) in [6.45, 7) is 7.26. The van der Waals surface area contributed by atoms with E-state index in [0.717, 1.165) is 103 Å². The molecule has 676 valence electrons. The maximum Gasteiger partial charge on any atom is 0.488 e. The van der Waals surface area contributed by atoms with Gasteiger partial charge in [0.1, 0.15) is 27.2 Å². The smallest absolute Gasteiger partial charge is 0.423 e. The number of halogens is 6. The van der Waals surface area contributed by atoms with Crippen LogP contribution in [0.25, 0.3) is 88.5 Å². The summed E-state index contributed by atoms with van der Waals surface area (Å²) in [6.07, 6.45) is 29.8. The van der Waals surface area contributed by atoms with Crippen molar-refractivity contribution in [2.24, 2.45) is 11.5 Å². The average molecular weight is 2150 g/mol. The van der Waals surface area contributed by atoms with Gasteiger partial charge in [0.2, 0.25) is 0 Å². The summed E-state index contributed by atoms with van der Waals surface area (Å²) in [5.74, 6) is -0.252. The van der Waals surface area contributed by atoms with E-state index in [1.807, 2.05) is 81.8 Å². The third-order valence-electron chi connectivity index (χ3n) is 19.5. The number of carbonyl (C=O) groups is 2. The Balaban J connectivity index is 0.000000142. The number of hydrogen-bond donors (Lipinski definition) is 7. The van der Waals surface area contributed by atoms with Gasteiger partial charge in [0, 0.05) is 192 Å². The van der Waals surface area contributed by atoms with E-state index < -0.39 is 37.2 Å². The van der Waals surface area contributed by atoms with Crippen LogP contribution in [0.5, 0.6) is 0 Å². The normalized spacial score (nSPS) is 11.1. The van der Waals surface area contributed by atoms with Gasteiger partial charge in [-0.05, 0) is 272 Å². The number of nitrogens with zero attached hydrogens (tertiary/aromatic N) is 13. The monoisotopic (exact) mass is 2150 g/mol. The molecule has 0 radical (unpaired) electrons. The van der Waals surface area contributed by atoms with Gasteiger partial charge < -0.3 is 41.4 Å². The van der Waals surface area contributed by atoms with Gasteiger partial charge in [-0.3, -0.25) is 14.6 Å². The number of benzene rings is 4. The molecule has 15 aromatic heterocycles. The highest BCUT2D eigenvalue weighted by Crippen LogP contribution is 2.36. The fourth-order valence-electron chi connectivity index (χ4n) is 13.1. The van der Waals surface area contributed by atoms with Crippen molar-refractivity contribution in [2.45, 2.75) is 55.2 Å². The molecule has 9 N–H and O–H groups in total. The maximum atomic E-state index is 13.2. The number of H-pyrrole nitrogens is 3. The number of fused-ring (bicyclic) bond motifs is 6. The van der Waals surface area contributed by atoms with Crippen LogP contribution in [-0.2, 0) is 42.9 Å². The number of Topliss-reactive ketones (excluding diaryl/α,β-unsaturated/α-hetero) is 1. The Labute approximate surface area is 814 Å². The van der Waals surface area contributed by atoms with Crippen molar-refractivity contribution in [2.75, 3.05) is 14.1 Å². The zero-order valence-electron chi connectivity index (χ0n) is 71.4. The van der Waals surface area contributed by atoms with Gasteiger partial charge >= 0.3 is 7.12 Å². The van der Waals surface area contributed by atoms with Crippen LogP contribution in [0, 0.1) is 20.8 Å². The number of ketones is 2. The summed E-state index contributed by atoms with van der Waals surface area (Å²) in [4.78, 5) is 72.8. The number of aromatic amines is 3. The summed E-state index contributed by atoms with van der Waals surface area (Å²) in [5.41, 5.74) is 23.4. The van der Waals surface area contributed by atoms with Crippen LogP contribution < -0.4 is 16.9 Å². The number of nitrogens with one attached hydrogen (secondary N) is 3. The molecule has 28 nitrogen and oxygen atoms in total. The minimum absolute atomic E-state index is 0.000000000000000222. The number of rotatable bonds is 16. The van der Waals surface area contributed by atoms with Crippen molar-refractivity contribution in [1.29, 1.82) is 0 Å². The predicted molar refractivity (Wildman–Crippen MR) is 542 cm³/mol. The molecule has 0 aliphatic carbocycles. The molecule has 0 aliphatic heterocycles. The number of allylic oxidation sites excluding steroid dienone is 1. The Morgan fingerprint density at radius 1 is 0.474 bits per heavy atom. The molecule has 0 saturated carbocycles. The number of thiocarbonyl (C=S) groups is 1. The standard InChI is InChI=1S/C20H17N3.C19H18BrN3O3S.C19H14ClN3O2S.C14H11BrN2O2S.C9H7BrN2O.C7H5BrN2.C5H5BClNO2.CH4N2S/c1-2-5-15(6-3-1)8-9-17-13-16(10-12-21-17)19-14-23-20-18(19)7-4-11-22-20;1-13-4-6-15(7-5-13)27(25,26)23-12-17(18(24)8-9-22(2)3)16-10-14(20)11-21-19(16)23;1-13-4-6-15(7-5-13)26(24,25)23-12-17(14-8-10-21-18(20)11-14)16-3-2-9-22-19(16)23;1-10-4-6-11(7-5-10)20(18,19)17-9-13(15)12-3-2-8-16-14(12)17;1-5(13)8-4-12-9-7(8)2-6(10)3-11-9;8-6-3-5-1-2-9-7(5)10-4-6;7-5-3-4(6(9)10)1-2-8-5;2-1(3)4/h1-7,10-14H,8-9H2,(H,22,23);4-12H,1-3H3;2-12H,1H3;2-9H,1H3;2-4H,1H3,(H,11,12);1-4H,(H,9,10);1-3,9-10H;(H4,2,3,4)/b;9-8+;;;;;;. The predicted octanol–water partition coefficient (Wildman–Crippen LogP) is 19.1. The summed E-state index contributed by atoms with van der Waals surface area (Å²) < 4.78 is 84.6. The first kappa shape index (κ1) is 99.4. The summed E-state index contributed by atoms with van der Waals surface area (Å²) >= 11 is 28.9. The lowest BCUT2D eigenvalue weighted by atomic mass is 9.81. The maximum absolute atomic E-state index is 13.2. The summed E-state index contributed by atoms with van der Waals surface area (Å²) in [7, 11) is -9.17. The lowest BCUT2D eigenvalue weighted by molar-refractivity contribution is 0.101. The quantitative estimate of drug-likeness (QED) is 0.0155. The largest absolute Gasteiger partial charge is 0.488 e. The average Bonchev–Trinajstić information content (AvgIpc) is 1.64. The molecule has 0 fully saturated rings. The number of hydrogen-bond acceptors (Lipinski definition) is 21. The van der Waals surface area contributed by atoms with Gasteiger partial charge in [0.15, 0.2) is 33.6 Å². The van der Waals surface area contributed by atoms with E-state index in [2.05, 4.69) is 190 Å². The van der Waals surface area contributed by atoms with E-state index in [9.17, 15) is 34.8 Å². The van der Waals surface area contributed by atoms with Gasteiger partial charge in [-0.2, -0.15) is 0 Å². The molecule has 133 heavy (non-hydrogen) atoms. The van der Waals surface area contributed by atoms with Crippen molar-refractivity contribution < 1.29 is 44.9 Å². The number of nitrogens with two attached hydrogens (primary N) is 2. The fraction of sp³-hybridized carbons (Fsp3) is 0.0851. The molecule has 4 aromatic carbocycles. The SMILES string of the molecule is Brc1cnc2[nH]ccc2c1.CC(=O)c1c[nH]c2ncc(Br)cc12.Cc1ccc(S(=O)(=O)n2cc(-c3ccnc(Cl)c3)c3cccnc32)cc1.Cc1ccc(S(=O)(=O)n2cc(Br)c3cccnc32)cc1.Cc1ccc(S(=O)(=O)n2cc(C(=O)/C=C/N(C)C)c3cc(Br)cnc32)cc1.NC(N)=S.OB(O)c1ccnc(Cl)c1.c1ccc(CCc2cc(-c3c[nH]c4ncccc34)ccn2)cc1. The number of aryl methyl sites for hydroxylation is 5. The molecule has 19 aromatic rings. The third-order valence-corrected chi connectivity index (χ3v) is 26.9. The molecule has 39 heteroatoms. The highest BCUT2D eigenvalue weighted by atomic mass is 79.9. The molecular weight excluding hydrogens is 2070 g/mol. The minimum atomic E-state index is -3.89. The first-order valence-corrected chi connectivity index (χ1v) is 48.6. The number of pyridine rings is 9. The number of carbonyl (C=O) groups excluding carboxylic acids is 2. The zero-order chi connectivity index (χ0) is 95.4. The van der Waals surface area contributed by atoms with E-state index in [-0.39, 0.29) is 47.7 Å². The molecule has 0 aliphatic rings. The lowest BCUT2D eigenvalue weighted by Gasteiger charge is -2.07. The fourth-order valence-corrected chi connectivity index (χ4v) is 19.0. The molecule has 0 saturated heterocycles. The van der Waals surface area contributed by atoms with Gasteiger partial charge in [0.05, 0.1) is 20.2 Å². The second kappa shape index (κ2) is 45.2. The lowest BCUT2D eigenvalue weighted by Crippen LogP contribution is -2.29. The number of aromatic nitrogens is 15. The van der Waals surface area contributed by atoms with Crippen molar-refractivity contribution >= 4 is 225 Å². The Kier molecular flexibility index (Phi) is 33.8. The van der Waals surface area contributed by atoms with Crippen LogP contribution in [0.2, 0.25) is 10.3 Å². The van der Waals surface area contributed by atoms with E-state index in [1.54, 1.807) is 185 Å². The van der Waals surface area contributed by atoms with Crippen molar-refractivity contribution in [3.63, 3.8) is 0 Å². The molecule has 0 atom stereocenters. The van der Waals surface area contributed by atoms with Crippen LogP contribution in [0.1, 0.15) is 55.6 Å². The van der Waals surface area contributed by atoms with Gasteiger partial charge in [-0.15, -0.1) is 0 Å². The van der Waals surface area contributed by atoms with Crippen LogP contribution in [-0.4, -0.2) is 150 Å². The molecule has 0 spiro atoms. The highest BCUT2D eigenvalue weighted by Gasteiger charge is 2.27. The van der Waals surface area contributed by atoms with E-state index >= 15 is 0 Å². The molecule has 0 bridgehead atoms. The van der Waals surface area contributed by atoms with E-state index in [1.165, 1.54) is 67.6 Å². The first-order valence-electron chi connectivity index (χ1n) is 39.9. The topological polar surface area (TPSA) is 410 Å². The Hall–Kier alpha value is -12.6. The first-order chi connectivity index (χ1) is 63.5. The van der Waals surface area contributed by atoms with Crippen LogP contribution in [0.3, 0.4) is 0 Å². The van der Waals surface area contributed by atoms with Crippen molar-refractivity contribution in [3.8, 4) is 22.3 Å². The Morgan fingerprint density at radius 3 is 1.52 bits per heavy atom. The van der Waals surface area contributed by atoms with Crippen LogP contribution in [0.15, 0.2) is 338 Å². The Morgan fingerprint density at radius 2 is 0.955 bits per heavy atom. The second-order valence-corrected chi connectivity index (χ2v) is 39.7.